The first-order valence-electron chi connectivity index (χ1n) is 12.1. The summed E-state index contributed by atoms with van der Waals surface area (Å²) in [5.74, 6) is 1.64. The molecular weight excluding hydrogens is 434 g/mol. The van der Waals surface area contributed by atoms with E-state index in [1.807, 2.05) is 18.2 Å². The zero-order valence-electron chi connectivity index (χ0n) is 20.0. The Morgan fingerprint density at radius 3 is 2.55 bits per heavy atom. The SMILES string of the molecule is Cc1cccc([C@H]2CC[C@@H](OC[C@@H]3CN(c4ccccn4)CC[C@@H]3NS(C)(=O)=O)CC2)c1C. The van der Waals surface area contributed by atoms with Gasteiger partial charge in [-0.2, -0.15) is 0 Å². The van der Waals surface area contributed by atoms with Gasteiger partial charge in [-0.15, -0.1) is 0 Å². The van der Waals surface area contributed by atoms with Crippen LogP contribution in [0.2, 0.25) is 0 Å². The number of rotatable bonds is 7. The Hall–Kier alpha value is -1.96. The molecular formula is C26H37N3O3S. The second-order valence-corrected chi connectivity index (χ2v) is 11.6. The van der Waals surface area contributed by atoms with Gasteiger partial charge in [0.2, 0.25) is 10.0 Å². The van der Waals surface area contributed by atoms with E-state index in [-0.39, 0.29) is 18.1 Å². The first kappa shape index (κ1) is 24.2. The van der Waals surface area contributed by atoms with Crippen molar-refractivity contribution in [3.63, 3.8) is 0 Å². The number of hydrogen-bond acceptors (Lipinski definition) is 5. The maximum atomic E-state index is 11.9. The van der Waals surface area contributed by atoms with E-state index in [9.17, 15) is 8.42 Å². The van der Waals surface area contributed by atoms with E-state index < -0.39 is 10.0 Å². The van der Waals surface area contributed by atoms with E-state index in [0.29, 0.717) is 12.5 Å². The Kier molecular flexibility index (Phi) is 7.72. The summed E-state index contributed by atoms with van der Waals surface area (Å²) in [5.41, 5.74) is 4.28. The van der Waals surface area contributed by atoms with Crippen molar-refractivity contribution in [2.24, 2.45) is 5.92 Å². The van der Waals surface area contributed by atoms with Gasteiger partial charge in [0, 0.05) is 31.2 Å². The van der Waals surface area contributed by atoms with Crippen molar-refractivity contribution < 1.29 is 13.2 Å². The normalized spacial score (nSPS) is 26.3. The third kappa shape index (κ3) is 6.34. The van der Waals surface area contributed by atoms with Crippen molar-refractivity contribution in [1.29, 1.82) is 0 Å². The molecule has 180 valence electrons. The number of benzene rings is 1. The molecule has 2 heterocycles. The zero-order valence-corrected chi connectivity index (χ0v) is 20.9. The fourth-order valence-corrected chi connectivity index (χ4v) is 6.26. The van der Waals surface area contributed by atoms with Gasteiger partial charge in [0.05, 0.1) is 19.0 Å². The Bertz CT molecular complexity index is 1020. The zero-order chi connectivity index (χ0) is 23.4. The number of aryl methyl sites for hydroxylation is 1. The van der Waals surface area contributed by atoms with Crippen LogP contribution in [0, 0.1) is 19.8 Å². The average molecular weight is 472 g/mol. The summed E-state index contributed by atoms with van der Waals surface area (Å²) >= 11 is 0. The Morgan fingerprint density at radius 1 is 1.06 bits per heavy atom. The number of sulfonamides is 1. The molecule has 2 fully saturated rings. The predicted molar refractivity (Wildman–Crippen MR) is 133 cm³/mol. The van der Waals surface area contributed by atoms with Crippen LogP contribution in [-0.4, -0.2) is 51.5 Å². The summed E-state index contributed by atoms with van der Waals surface area (Å²) in [5, 5.41) is 0. The molecule has 6 nitrogen and oxygen atoms in total. The van der Waals surface area contributed by atoms with E-state index in [0.717, 1.165) is 51.0 Å². The van der Waals surface area contributed by atoms with Crippen LogP contribution in [0.3, 0.4) is 0 Å². The summed E-state index contributed by atoms with van der Waals surface area (Å²) in [6.07, 6.45) is 8.43. The van der Waals surface area contributed by atoms with Crippen LogP contribution in [-0.2, 0) is 14.8 Å². The van der Waals surface area contributed by atoms with Crippen LogP contribution in [0.1, 0.15) is 54.7 Å². The van der Waals surface area contributed by atoms with Gasteiger partial charge in [-0.3, -0.25) is 0 Å². The minimum absolute atomic E-state index is 0.0900. The molecule has 33 heavy (non-hydrogen) atoms. The van der Waals surface area contributed by atoms with Gasteiger partial charge >= 0.3 is 0 Å². The van der Waals surface area contributed by atoms with Crippen molar-refractivity contribution in [2.45, 2.75) is 64.0 Å². The molecule has 1 N–H and O–H groups in total. The van der Waals surface area contributed by atoms with Crippen molar-refractivity contribution in [1.82, 2.24) is 9.71 Å². The lowest BCUT2D eigenvalue weighted by molar-refractivity contribution is -0.00216. The number of hydrogen-bond donors (Lipinski definition) is 1. The molecule has 1 saturated carbocycles. The van der Waals surface area contributed by atoms with Gasteiger partial charge in [-0.25, -0.2) is 18.1 Å². The molecule has 1 aromatic heterocycles. The highest BCUT2D eigenvalue weighted by atomic mass is 32.2. The molecule has 1 aromatic carbocycles. The Balaban J connectivity index is 1.35. The summed E-state index contributed by atoms with van der Waals surface area (Å²) in [7, 11) is -3.27. The van der Waals surface area contributed by atoms with Crippen molar-refractivity contribution in [3.8, 4) is 0 Å². The summed E-state index contributed by atoms with van der Waals surface area (Å²) in [6, 6.07) is 12.4. The number of nitrogens with one attached hydrogen (secondary N) is 1. The molecule has 0 radical (unpaired) electrons. The highest BCUT2D eigenvalue weighted by molar-refractivity contribution is 7.88. The highest BCUT2D eigenvalue weighted by Gasteiger charge is 2.33. The smallest absolute Gasteiger partial charge is 0.208 e. The molecule has 4 rings (SSSR count). The Morgan fingerprint density at radius 2 is 1.85 bits per heavy atom. The van der Waals surface area contributed by atoms with Gasteiger partial charge in [0.15, 0.2) is 0 Å². The monoisotopic (exact) mass is 471 g/mol. The molecule has 0 unspecified atom stereocenters. The van der Waals surface area contributed by atoms with Crippen LogP contribution in [0.4, 0.5) is 5.82 Å². The number of piperidine rings is 1. The van der Waals surface area contributed by atoms with Gasteiger partial charge in [-0.05, 0) is 80.7 Å². The number of ether oxygens (including phenoxy) is 1. The third-order valence-electron chi connectivity index (χ3n) is 7.38. The molecule has 1 saturated heterocycles. The Labute approximate surface area is 198 Å². The molecule has 0 spiro atoms. The first-order valence-corrected chi connectivity index (χ1v) is 14.0. The quantitative estimate of drug-likeness (QED) is 0.656. The van der Waals surface area contributed by atoms with Crippen LogP contribution in [0.25, 0.3) is 0 Å². The topological polar surface area (TPSA) is 71.5 Å². The lowest BCUT2D eigenvalue weighted by atomic mass is 9.80. The number of aromatic nitrogens is 1. The lowest BCUT2D eigenvalue weighted by Gasteiger charge is -2.40. The lowest BCUT2D eigenvalue weighted by Crippen LogP contribution is -2.52. The largest absolute Gasteiger partial charge is 0.378 e. The van der Waals surface area contributed by atoms with Crippen molar-refractivity contribution in [2.75, 3.05) is 30.9 Å². The number of nitrogens with zero attached hydrogens (tertiary/aromatic N) is 2. The van der Waals surface area contributed by atoms with Gasteiger partial charge in [0.25, 0.3) is 0 Å². The second-order valence-electron chi connectivity index (χ2n) is 9.78. The van der Waals surface area contributed by atoms with Crippen LogP contribution in [0.5, 0.6) is 0 Å². The second kappa shape index (κ2) is 10.5. The molecule has 2 aromatic rings. The van der Waals surface area contributed by atoms with Crippen LogP contribution in [0.15, 0.2) is 42.6 Å². The van der Waals surface area contributed by atoms with Gasteiger partial charge < -0.3 is 9.64 Å². The number of anilines is 1. The molecule has 0 amide bonds. The fraction of sp³-hybridized carbons (Fsp3) is 0.577. The van der Waals surface area contributed by atoms with E-state index in [2.05, 4.69) is 46.7 Å². The standard InChI is InChI=1S/C26H37N3O3S/c1-19-7-6-8-24(20(19)2)21-10-12-23(13-11-21)32-18-22-17-29(26-9-4-5-15-27-26)16-14-25(22)28-33(3,30)31/h4-9,15,21-23,25,28H,10-14,16-18H2,1-3H3/t21-,22-,23+,25-/m0/s1. The van der Waals surface area contributed by atoms with E-state index in [1.165, 1.54) is 22.9 Å². The van der Waals surface area contributed by atoms with E-state index >= 15 is 0 Å². The van der Waals surface area contributed by atoms with Gasteiger partial charge in [-0.1, -0.05) is 24.3 Å². The van der Waals surface area contributed by atoms with Gasteiger partial charge in [0.1, 0.15) is 5.82 Å². The molecule has 1 aliphatic heterocycles. The maximum absolute atomic E-state index is 11.9. The molecule has 1 aliphatic carbocycles. The van der Waals surface area contributed by atoms with Crippen molar-refractivity contribution >= 4 is 15.8 Å². The fourth-order valence-electron chi connectivity index (χ4n) is 5.40. The summed E-state index contributed by atoms with van der Waals surface area (Å²) in [4.78, 5) is 6.73. The highest BCUT2D eigenvalue weighted by Crippen LogP contribution is 2.36. The van der Waals surface area contributed by atoms with Crippen LogP contribution >= 0.6 is 0 Å². The summed E-state index contributed by atoms with van der Waals surface area (Å²) in [6.45, 7) is 6.50. The van der Waals surface area contributed by atoms with E-state index in [4.69, 9.17) is 4.74 Å². The minimum atomic E-state index is -3.27. The molecule has 7 heteroatoms. The first-order chi connectivity index (χ1) is 15.8. The predicted octanol–water partition coefficient (Wildman–Crippen LogP) is 4.19. The molecule has 2 atom stereocenters. The third-order valence-corrected chi connectivity index (χ3v) is 8.11. The molecule has 0 bridgehead atoms. The number of pyridine rings is 1. The van der Waals surface area contributed by atoms with Crippen LogP contribution < -0.4 is 9.62 Å². The van der Waals surface area contributed by atoms with E-state index in [1.54, 1.807) is 6.20 Å². The summed E-state index contributed by atoms with van der Waals surface area (Å²) < 4.78 is 33.2. The van der Waals surface area contributed by atoms with Crippen molar-refractivity contribution in [3.05, 3.63) is 59.3 Å². The maximum Gasteiger partial charge on any atom is 0.208 e. The minimum Gasteiger partial charge on any atom is -0.378 e. The average Bonchev–Trinajstić information content (AvgIpc) is 2.80. The molecule has 2 aliphatic rings.